The Balaban J connectivity index is 2.04. The number of aromatic hydroxyl groups is 1. The minimum atomic E-state index is -0.576. The fourth-order valence-electron chi connectivity index (χ4n) is 3.54. The van der Waals surface area contributed by atoms with Gasteiger partial charge in [-0.15, -0.1) is 0 Å². The predicted molar refractivity (Wildman–Crippen MR) is 103 cm³/mol. The van der Waals surface area contributed by atoms with Gasteiger partial charge in [0.25, 0.3) is 5.91 Å². The fraction of sp³-hybridized carbons (Fsp3) is 0.381. The highest BCUT2D eigenvalue weighted by molar-refractivity contribution is 5.96. The molecule has 2 aromatic rings. The van der Waals surface area contributed by atoms with E-state index in [1.807, 2.05) is 13.0 Å². The first-order chi connectivity index (χ1) is 13.5. The molecule has 0 radical (unpaired) electrons. The summed E-state index contributed by atoms with van der Waals surface area (Å²) < 4.78 is 16.4. The second kappa shape index (κ2) is 8.50. The first-order valence-electron chi connectivity index (χ1n) is 9.05. The predicted octanol–water partition coefficient (Wildman–Crippen LogP) is 2.29. The van der Waals surface area contributed by atoms with Gasteiger partial charge in [-0.3, -0.25) is 4.79 Å². The molecule has 150 valence electrons. The van der Waals surface area contributed by atoms with E-state index in [1.54, 1.807) is 43.4 Å². The lowest BCUT2D eigenvalue weighted by molar-refractivity contribution is -0.0812. The molecule has 0 spiro atoms. The number of amides is 1. The number of aliphatic hydroxyl groups is 1. The number of methoxy groups -OCH3 is 2. The van der Waals surface area contributed by atoms with Crippen molar-refractivity contribution < 1.29 is 29.2 Å². The normalized spacial score (nSPS) is 19.4. The van der Waals surface area contributed by atoms with E-state index in [2.05, 4.69) is 0 Å². The molecule has 2 atom stereocenters. The third kappa shape index (κ3) is 3.76. The van der Waals surface area contributed by atoms with Crippen LogP contribution < -0.4 is 9.47 Å². The highest BCUT2D eigenvalue weighted by Crippen LogP contribution is 2.36. The summed E-state index contributed by atoms with van der Waals surface area (Å²) in [6, 6.07) is 9.60. The molecule has 3 rings (SSSR count). The Morgan fingerprint density at radius 2 is 1.93 bits per heavy atom. The number of hydrogen-bond acceptors (Lipinski definition) is 6. The van der Waals surface area contributed by atoms with E-state index in [4.69, 9.17) is 14.2 Å². The minimum Gasteiger partial charge on any atom is -0.508 e. The third-order valence-corrected chi connectivity index (χ3v) is 4.99. The van der Waals surface area contributed by atoms with E-state index in [1.165, 1.54) is 6.07 Å². The first-order valence-corrected chi connectivity index (χ1v) is 9.05. The number of morpholine rings is 1. The summed E-state index contributed by atoms with van der Waals surface area (Å²) >= 11 is 0. The van der Waals surface area contributed by atoms with E-state index in [0.717, 1.165) is 11.1 Å². The number of nitrogens with zero attached hydrogens (tertiary/aromatic N) is 1. The molecule has 1 aliphatic heterocycles. The average Bonchev–Trinajstić information content (AvgIpc) is 2.73. The Morgan fingerprint density at radius 3 is 2.61 bits per heavy atom. The molecule has 2 N–H and O–H groups in total. The van der Waals surface area contributed by atoms with Gasteiger partial charge in [0.15, 0.2) is 11.5 Å². The molecule has 1 saturated heterocycles. The number of aliphatic hydroxyl groups excluding tert-OH is 1. The Morgan fingerprint density at radius 1 is 1.18 bits per heavy atom. The van der Waals surface area contributed by atoms with Crippen molar-refractivity contribution in [3.8, 4) is 17.2 Å². The zero-order chi connectivity index (χ0) is 20.3. The van der Waals surface area contributed by atoms with Gasteiger partial charge in [0.1, 0.15) is 11.9 Å². The number of phenols is 1. The van der Waals surface area contributed by atoms with Gasteiger partial charge >= 0.3 is 0 Å². The molecule has 1 aliphatic rings. The summed E-state index contributed by atoms with van der Waals surface area (Å²) in [6.07, 6.45) is -0.576. The molecular formula is C21H25NO6. The van der Waals surface area contributed by atoms with Crippen LogP contribution in [0.15, 0.2) is 36.4 Å². The number of carbonyl (C=O) groups excluding carboxylic acids is 1. The van der Waals surface area contributed by atoms with Crippen LogP contribution >= 0.6 is 0 Å². The van der Waals surface area contributed by atoms with Gasteiger partial charge < -0.3 is 29.3 Å². The van der Waals surface area contributed by atoms with Gasteiger partial charge in [0, 0.05) is 12.1 Å². The van der Waals surface area contributed by atoms with Crippen LogP contribution in [0.1, 0.15) is 27.5 Å². The second-order valence-corrected chi connectivity index (χ2v) is 6.65. The maximum absolute atomic E-state index is 13.3. The van der Waals surface area contributed by atoms with Crippen LogP contribution in [-0.2, 0) is 4.74 Å². The summed E-state index contributed by atoms with van der Waals surface area (Å²) in [5.74, 6) is 0.909. The van der Waals surface area contributed by atoms with Crippen LogP contribution in [0.3, 0.4) is 0 Å². The SMILES string of the molecule is COc1ccc([C@@H]2[C@@H](CO)OCCN2C(=O)c2cc(O)ccc2C)cc1OC. The Hall–Kier alpha value is -2.77. The number of aryl methyl sites for hydroxylation is 1. The van der Waals surface area contributed by atoms with Crippen molar-refractivity contribution in [2.75, 3.05) is 34.0 Å². The minimum absolute atomic E-state index is 0.0311. The van der Waals surface area contributed by atoms with Crippen LogP contribution in [0.5, 0.6) is 17.2 Å². The Bertz CT molecular complexity index is 853. The van der Waals surface area contributed by atoms with E-state index in [9.17, 15) is 15.0 Å². The summed E-state index contributed by atoms with van der Waals surface area (Å²) in [6.45, 7) is 2.27. The zero-order valence-corrected chi connectivity index (χ0v) is 16.2. The van der Waals surface area contributed by atoms with Gasteiger partial charge in [0.05, 0.1) is 33.5 Å². The van der Waals surface area contributed by atoms with Crippen molar-refractivity contribution in [3.05, 3.63) is 53.1 Å². The van der Waals surface area contributed by atoms with E-state index in [0.29, 0.717) is 30.2 Å². The van der Waals surface area contributed by atoms with E-state index < -0.39 is 12.1 Å². The molecular weight excluding hydrogens is 362 g/mol. The van der Waals surface area contributed by atoms with Gasteiger partial charge in [0.2, 0.25) is 0 Å². The number of phenolic OH excluding ortho intramolecular Hbond substituents is 1. The fourth-order valence-corrected chi connectivity index (χ4v) is 3.54. The lowest BCUT2D eigenvalue weighted by Crippen LogP contribution is -2.49. The van der Waals surface area contributed by atoms with Crippen molar-refractivity contribution in [1.29, 1.82) is 0 Å². The van der Waals surface area contributed by atoms with Gasteiger partial charge in [-0.2, -0.15) is 0 Å². The molecule has 0 bridgehead atoms. The largest absolute Gasteiger partial charge is 0.508 e. The Labute approximate surface area is 164 Å². The molecule has 0 unspecified atom stereocenters. The van der Waals surface area contributed by atoms with Crippen LogP contribution in [0, 0.1) is 6.92 Å². The van der Waals surface area contributed by atoms with Crippen molar-refractivity contribution >= 4 is 5.91 Å². The van der Waals surface area contributed by atoms with Crippen molar-refractivity contribution in [2.24, 2.45) is 0 Å². The molecule has 28 heavy (non-hydrogen) atoms. The highest BCUT2D eigenvalue weighted by Gasteiger charge is 2.37. The quantitative estimate of drug-likeness (QED) is 0.818. The molecule has 0 aliphatic carbocycles. The van der Waals surface area contributed by atoms with Crippen molar-refractivity contribution in [2.45, 2.75) is 19.1 Å². The van der Waals surface area contributed by atoms with Gasteiger partial charge in [-0.1, -0.05) is 12.1 Å². The summed E-state index contributed by atoms with van der Waals surface area (Å²) in [5.41, 5.74) is 1.95. The van der Waals surface area contributed by atoms with Gasteiger partial charge in [-0.05, 0) is 42.3 Å². The standard InChI is InChI=1S/C21H25NO6/c1-13-4-6-15(24)11-16(13)21(25)22-8-9-28-19(12-23)20(22)14-5-7-17(26-2)18(10-14)27-3/h4-7,10-11,19-20,23-24H,8-9,12H2,1-3H3/t19-,20-/m1/s1. The maximum atomic E-state index is 13.3. The molecule has 1 amide bonds. The number of rotatable bonds is 5. The third-order valence-electron chi connectivity index (χ3n) is 4.99. The Kier molecular flexibility index (Phi) is 6.06. The topological polar surface area (TPSA) is 88.5 Å². The first kappa shape index (κ1) is 20.0. The van der Waals surface area contributed by atoms with Crippen molar-refractivity contribution in [1.82, 2.24) is 4.90 Å². The van der Waals surface area contributed by atoms with Crippen molar-refractivity contribution in [3.63, 3.8) is 0 Å². The molecule has 1 fully saturated rings. The molecule has 7 heteroatoms. The van der Waals surface area contributed by atoms with Crippen LogP contribution in [0.4, 0.5) is 0 Å². The lowest BCUT2D eigenvalue weighted by atomic mass is 9.96. The molecule has 7 nitrogen and oxygen atoms in total. The summed E-state index contributed by atoms with van der Waals surface area (Å²) in [7, 11) is 3.10. The monoisotopic (exact) mass is 387 g/mol. The van der Waals surface area contributed by atoms with Gasteiger partial charge in [-0.25, -0.2) is 0 Å². The zero-order valence-electron chi connectivity index (χ0n) is 16.2. The number of hydrogen-bond donors (Lipinski definition) is 2. The number of carbonyl (C=O) groups is 1. The molecule has 0 aromatic heterocycles. The van der Waals surface area contributed by atoms with Crippen LogP contribution in [-0.4, -0.2) is 61.1 Å². The second-order valence-electron chi connectivity index (χ2n) is 6.65. The van der Waals surface area contributed by atoms with E-state index in [-0.39, 0.29) is 18.3 Å². The lowest BCUT2D eigenvalue weighted by Gasteiger charge is -2.41. The number of benzene rings is 2. The molecule has 2 aromatic carbocycles. The maximum Gasteiger partial charge on any atom is 0.254 e. The summed E-state index contributed by atoms with van der Waals surface area (Å²) in [5, 5.41) is 19.7. The van der Waals surface area contributed by atoms with E-state index >= 15 is 0 Å². The van der Waals surface area contributed by atoms with Crippen LogP contribution in [0.2, 0.25) is 0 Å². The average molecular weight is 387 g/mol. The number of ether oxygens (including phenoxy) is 3. The smallest absolute Gasteiger partial charge is 0.254 e. The highest BCUT2D eigenvalue weighted by atomic mass is 16.5. The van der Waals surface area contributed by atoms with Crippen LogP contribution in [0.25, 0.3) is 0 Å². The summed E-state index contributed by atoms with van der Waals surface area (Å²) in [4.78, 5) is 15.0. The molecule has 1 heterocycles. The molecule has 0 saturated carbocycles.